The second kappa shape index (κ2) is 7.09. The fourth-order valence-electron chi connectivity index (χ4n) is 2.48. The van der Waals surface area contributed by atoms with Crippen LogP contribution in [0.2, 0.25) is 0 Å². The summed E-state index contributed by atoms with van der Waals surface area (Å²) >= 11 is 0. The molecule has 0 spiro atoms. The van der Waals surface area contributed by atoms with Crippen molar-refractivity contribution < 1.29 is 17.9 Å². The molecule has 0 fully saturated rings. The maximum absolute atomic E-state index is 13.0. The van der Waals surface area contributed by atoms with Gasteiger partial charge in [-0.15, -0.1) is 0 Å². The standard InChI is InChI=1S/C17H22N2O4S/c1-5-19(14-9-7-8-13(3)10-14)24(21,22)15-11-16(18(4)12-15)17(20)23-6-2/h7-12H,5-6H2,1-4H3. The number of aromatic nitrogens is 1. The van der Waals surface area contributed by atoms with Gasteiger partial charge in [0.25, 0.3) is 10.0 Å². The maximum atomic E-state index is 13.0. The van der Waals surface area contributed by atoms with Crippen molar-refractivity contribution in [2.75, 3.05) is 17.5 Å². The molecule has 2 aromatic rings. The van der Waals surface area contributed by atoms with Gasteiger partial charge < -0.3 is 9.30 Å². The van der Waals surface area contributed by atoms with Gasteiger partial charge in [0.1, 0.15) is 10.6 Å². The zero-order valence-electron chi connectivity index (χ0n) is 14.3. The Hall–Kier alpha value is -2.28. The summed E-state index contributed by atoms with van der Waals surface area (Å²) in [6, 6.07) is 8.65. The fourth-order valence-corrected chi connectivity index (χ4v) is 4.02. The Balaban J connectivity index is 2.45. The van der Waals surface area contributed by atoms with Crippen LogP contribution in [-0.2, 0) is 21.8 Å². The van der Waals surface area contributed by atoms with Gasteiger partial charge in [0.15, 0.2) is 0 Å². The van der Waals surface area contributed by atoms with Crippen LogP contribution >= 0.6 is 0 Å². The number of aryl methyl sites for hydroxylation is 2. The molecule has 0 saturated carbocycles. The van der Waals surface area contributed by atoms with Gasteiger partial charge in [-0.3, -0.25) is 4.31 Å². The van der Waals surface area contributed by atoms with E-state index in [1.165, 1.54) is 21.1 Å². The normalized spacial score (nSPS) is 11.3. The molecule has 1 aromatic carbocycles. The minimum absolute atomic E-state index is 0.0661. The lowest BCUT2D eigenvalue weighted by Crippen LogP contribution is -2.30. The Bertz CT molecular complexity index is 840. The van der Waals surface area contributed by atoms with Crippen molar-refractivity contribution in [1.82, 2.24) is 4.57 Å². The average Bonchev–Trinajstić information content (AvgIpc) is 2.91. The Kier molecular flexibility index (Phi) is 5.33. The number of anilines is 1. The first kappa shape index (κ1) is 18.1. The molecule has 0 unspecified atom stereocenters. The van der Waals surface area contributed by atoms with Gasteiger partial charge in [0.2, 0.25) is 0 Å². The summed E-state index contributed by atoms with van der Waals surface area (Å²) in [6.45, 7) is 5.90. The third-order valence-electron chi connectivity index (χ3n) is 3.63. The monoisotopic (exact) mass is 350 g/mol. The molecule has 1 heterocycles. The predicted octanol–water partition coefficient (Wildman–Crippen LogP) is 2.73. The van der Waals surface area contributed by atoms with Crippen molar-refractivity contribution in [2.24, 2.45) is 7.05 Å². The highest BCUT2D eigenvalue weighted by Gasteiger charge is 2.27. The molecule has 7 heteroatoms. The quantitative estimate of drug-likeness (QED) is 0.751. The molecule has 0 bridgehead atoms. The van der Waals surface area contributed by atoms with Crippen molar-refractivity contribution in [3.63, 3.8) is 0 Å². The highest BCUT2D eigenvalue weighted by molar-refractivity contribution is 7.92. The fraction of sp³-hybridized carbons (Fsp3) is 0.353. The van der Waals surface area contributed by atoms with Gasteiger partial charge in [-0.1, -0.05) is 12.1 Å². The number of nitrogens with zero attached hydrogens (tertiary/aromatic N) is 2. The number of benzene rings is 1. The van der Waals surface area contributed by atoms with E-state index in [0.29, 0.717) is 5.69 Å². The molecule has 0 radical (unpaired) electrons. The van der Waals surface area contributed by atoms with E-state index >= 15 is 0 Å². The molecule has 6 nitrogen and oxygen atoms in total. The number of rotatable bonds is 6. The highest BCUT2D eigenvalue weighted by Crippen LogP contribution is 2.25. The number of carbonyl (C=O) groups is 1. The van der Waals surface area contributed by atoms with E-state index < -0.39 is 16.0 Å². The SMILES string of the molecule is CCOC(=O)c1cc(S(=O)(=O)N(CC)c2cccc(C)c2)cn1C. The first-order valence-corrected chi connectivity index (χ1v) is 9.18. The molecule has 24 heavy (non-hydrogen) atoms. The second-order valence-corrected chi connectivity index (χ2v) is 7.26. The summed E-state index contributed by atoms with van der Waals surface area (Å²) in [6.07, 6.45) is 1.43. The summed E-state index contributed by atoms with van der Waals surface area (Å²) < 4.78 is 33.7. The van der Waals surface area contributed by atoms with Crippen molar-refractivity contribution in [1.29, 1.82) is 0 Å². The Morgan fingerprint density at radius 2 is 1.96 bits per heavy atom. The zero-order valence-corrected chi connectivity index (χ0v) is 15.1. The number of hydrogen-bond donors (Lipinski definition) is 0. The van der Waals surface area contributed by atoms with Crippen molar-refractivity contribution in [3.05, 3.63) is 47.8 Å². The van der Waals surface area contributed by atoms with Crippen LogP contribution in [0.15, 0.2) is 41.4 Å². The van der Waals surface area contributed by atoms with Crippen LogP contribution in [0.3, 0.4) is 0 Å². The van der Waals surface area contributed by atoms with E-state index in [2.05, 4.69) is 0 Å². The number of carbonyl (C=O) groups excluding carboxylic acids is 1. The van der Waals surface area contributed by atoms with Gasteiger partial charge in [0, 0.05) is 19.8 Å². The Morgan fingerprint density at radius 1 is 1.25 bits per heavy atom. The predicted molar refractivity (Wildman–Crippen MR) is 92.8 cm³/mol. The number of sulfonamides is 1. The lowest BCUT2D eigenvalue weighted by Gasteiger charge is -2.22. The third kappa shape index (κ3) is 3.46. The maximum Gasteiger partial charge on any atom is 0.354 e. The Morgan fingerprint density at radius 3 is 2.54 bits per heavy atom. The highest BCUT2D eigenvalue weighted by atomic mass is 32.2. The van der Waals surface area contributed by atoms with E-state index in [-0.39, 0.29) is 23.7 Å². The van der Waals surface area contributed by atoms with Gasteiger partial charge in [0.05, 0.1) is 12.3 Å². The van der Waals surface area contributed by atoms with Crippen LogP contribution in [0.1, 0.15) is 29.9 Å². The Labute approximate surface area is 142 Å². The van der Waals surface area contributed by atoms with Gasteiger partial charge >= 0.3 is 5.97 Å². The van der Waals surface area contributed by atoms with Crippen molar-refractivity contribution in [3.8, 4) is 0 Å². The van der Waals surface area contributed by atoms with E-state index in [1.807, 2.05) is 25.1 Å². The van der Waals surface area contributed by atoms with Crippen LogP contribution in [0.5, 0.6) is 0 Å². The largest absolute Gasteiger partial charge is 0.461 e. The van der Waals surface area contributed by atoms with Crippen molar-refractivity contribution in [2.45, 2.75) is 25.7 Å². The van der Waals surface area contributed by atoms with E-state index in [9.17, 15) is 13.2 Å². The number of ether oxygens (including phenoxy) is 1. The van der Waals surface area contributed by atoms with E-state index in [1.54, 1.807) is 27.0 Å². The van der Waals surface area contributed by atoms with Crippen LogP contribution < -0.4 is 4.31 Å². The van der Waals surface area contributed by atoms with Gasteiger partial charge in [-0.2, -0.15) is 0 Å². The molecule has 1 aromatic heterocycles. The van der Waals surface area contributed by atoms with E-state index in [4.69, 9.17) is 4.74 Å². The third-order valence-corrected chi connectivity index (χ3v) is 5.50. The summed E-state index contributed by atoms with van der Waals surface area (Å²) in [4.78, 5) is 12.0. The molecular weight excluding hydrogens is 328 g/mol. The summed E-state index contributed by atoms with van der Waals surface area (Å²) in [7, 11) is -2.15. The molecule has 2 rings (SSSR count). The molecule has 0 amide bonds. The van der Waals surface area contributed by atoms with Crippen LogP contribution in [-0.4, -0.2) is 32.1 Å². The molecule has 130 valence electrons. The minimum atomic E-state index is -3.77. The first-order chi connectivity index (χ1) is 11.3. The first-order valence-electron chi connectivity index (χ1n) is 7.74. The molecule has 0 aliphatic carbocycles. The number of hydrogen-bond acceptors (Lipinski definition) is 4. The smallest absolute Gasteiger partial charge is 0.354 e. The lowest BCUT2D eigenvalue weighted by molar-refractivity contribution is 0.0515. The lowest BCUT2D eigenvalue weighted by atomic mass is 10.2. The van der Waals surface area contributed by atoms with Crippen LogP contribution in [0, 0.1) is 6.92 Å². The van der Waals surface area contributed by atoms with E-state index in [0.717, 1.165) is 5.56 Å². The van der Waals surface area contributed by atoms with Crippen LogP contribution in [0.25, 0.3) is 0 Å². The molecule has 0 N–H and O–H groups in total. The summed E-state index contributed by atoms with van der Waals surface area (Å²) in [5.74, 6) is -0.542. The zero-order chi connectivity index (χ0) is 17.9. The average molecular weight is 350 g/mol. The second-order valence-electron chi connectivity index (χ2n) is 5.40. The molecule has 0 aliphatic rings. The van der Waals surface area contributed by atoms with Gasteiger partial charge in [-0.05, 0) is 44.5 Å². The van der Waals surface area contributed by atoms with Crippen molar-refractivity contribution >= 4 is 21.7 Å². The number of esters is 1. The summed E-state index contributed by atoms with van der Waals surface area (Å²) in [5, 5.41) is 0. The molecule has 0 saturated heterocycles. The molecule has 0 atom stereocenters. The molecular formula is C17H22N2O4S. The minimum Gasteiger partial charge on any atom is -0.461 e. The van der Waals surface area contributed by atoms with Crippen LogP contribution in [0.4, 0.5) is 5.69 Å². The summed E-state index contributed by atoms with van der Waals surface area (Å²) in [5.41, 5.74) is 1.77. The van der Waals surface area contributed by atoms with Gasteiger partial charge in [-0.25, -0.2) is 13.2 Å². The molecule has 0 aliphatic heterocycles. The topological polar surface area (TPSA) is 68.6 Å².